The Morgan fingerprint density at radius 1 is 1.25 bits per heavy atom. The van der Waals surface area contributed by atoms with Crippen molar-refractivity contribution in [2.75, 3.05) is 24.5 Å². The van der Waals surface area contributed by atoms with Gasteiger partial charge >= 0.3 is 5.97 Å². The van der Waals surface area contributed by atoms with E-state index in [1.54, 1.807) is 0 Å². The van der Waals surface area contributed by atoms with Gasteiger partial charge in [0.15, 0.2) is 0 Å². The van der Waals surface area contributed by atoms with Crippen LogP contribution in [-0.4, -0.2) is 47.7 Å². The van der Waals surface area contributed by atoms with Crippen LogP contribution in [-0.2, 0) is 4.79 Å². The van der Waals surface area contributed by atoms with E-state index >= 15 is 0 Å². The van der Waals surface area contributed by atoms with E-state index in [1.165, 1.54) is 19.4 Å². The summed E-state index contributed by atoms with van der Waals surface area (Å²) >= 11 is 0. The fourth-order valence-corrected chi connectivity index (χ4v) is 3.74. The Morgan fingerprint density at radius 2 is 2.05 bits per heavy atom. The van der Waals surface area contributed by atoms with Gasteiger partial charge < -0.3 is 10.0 Å². The molecule has 2 atom stereocenters. The Morgan fingerprint density at radius 3 is 2.80 bits per heavy atom. The van der Waals surface area contributed by atoms with Crippen LogP contribution in [0.15, 0.2) is 30.3 Å². The van der Waals surface area contributed by atoms with Crippen LogP contribution in [0.1, 0.15) is 25.7 Å². The number of hydrogen-bond acceptors (Lipinski definition) is 3. The molecule has 3 rings (SSSR count). The maximum Gasteiger partial charge on any atom is 0.305 e. The first-order valence-corrected chi connectivity index (χ1v) is 7.53. The largest absolute Gasteiger partial charge is 0.481 e. The van der Waals surface area contributed by atoms with Gasteiger partial charge in [-0.1, -0.05) is 18.2 Å². The highest BCUT2D eigenvalue weighted by atomic mass is 16.4. The topological polar surface area (TPSA) is 43.8 Å². The number of anilines is 1. The minimum Gasteiger partial charge on any atom is -0.481 e. The van der Waals surface area contributed by atoms with E-state index in [1.807, 2.05) is 18.2 Å². The first kappa shape index (κ1) is 13.4. The highest BCUT2D eigenvalue weighted by Crippen LogP contribution is 2.33. The molecule has 0 aliphatic carbocycles. The maximum absolute atomic E-state index is 10.9. The predicted molar refractivity (Wildman–Crippen MR) is 79.0 cm³/mol. The van der Waals surface area contributed by atoms with E-state index in [0.717, 1.165) is 18.7 Å². The minimum absolute atomic E-state index is 0.206. The van der Waals surface area contributed by atoms with Crippen molar-refractivity contribution in [1.82, 2.24) is 4.90 Å². The Hall–Kier alpha value is -1.55. The summed E-state index contributed by atoms with van der Waals surface area (Å²) in [6.07, 6.45) is 3.89. The molecule has 0 aromatic heterocycles. The number of rotatable bonds is 5. The van der Waals surface area contributed by atoms with Crippen molar-refractivity contribution in [3.8, 4) is 0 Å². The average Bonchev–Trinajstić information content (AvgIpc) is 3.04. The monoisotopic (exact) mass is 274 g/mol. The standard InChI is InChI=1S/C16H22N2O2/c19-16(20)9-12-18(13-5-2-1-3-6-13)15-8-11-17-10-4-7-14(15)17/h1-3,5-6,14-15H,4,7-12H2,(H,19,20). The molecular formula is C16H22N2O2. The van der Waals surface area contributed by atoms with Gasteiger partial charge in [0, 0.05) is 30.9 Å². The Kier molecular flexibility index (Phi) is 3.92. The number of aliphatic carboxylic acids is 1. The summed E-state index contributed by atoms with van der Waals surface area (Å²) in [5, 5.41) is 9.00. The van der Waals surface area contributed by atoms with Crippen LogP contribution >= 0.6 is 0 Å². The van der Waals surface area contributed by atoms with Crippen molar-refractivity contribution in [2.45, 2.75) is 37.8 Å². The molecule has 2 unspecified atom stereocenters. The van der Waals surface area contributed by atoms with Crippen molar-refractivity contribution in [2.24, 2.45) is 0 Å². The molecule has 2 saturated heterocycles. The molecule has 108 valence electrons. The van der Waals surface area contributed by atoms with Crippen molar-refractivity contribution in [3.05, 3.63) is 30.3 Å². The second-order valence-corrected chi connectivity index (χ2v) is 5.77. The molecule has 0 amide bonds. The Labute approximate surface area is 120 Å². The minimum atomic E-state index is -0.716. The fourth-order valence-electron chi connectivity index (χ4n) is 3.74. The lowest BCUT2D eigenvalue weighted by Gasteiger charge is -2.34. The molecule has 0 saturated carbocycles. The molecule has 2 aliphatic rings. The Bertz CT molecular complexity index is 463. The average molecular weight is 274 g/mol. The lowest BCUT2D eigenvalue weighted by atomic mass is 10.0. The summed E-state index contributed by atoms with van der Waals surface area (Å²) < 4.78 is 0. The van der Waals surface area contributed by atoms with Gasteiger partial charge in [0.1, 0.15) is 0 Å². The zero-order valence-electron chi connectivity index (χ0n) is 11.7. The van der Waals surface area contributed by atoms with Crippen LogP contribution < -0.4 is 4.90 Å². The molecule has 1 aromatic carbocycles. The SMILES string of the molecule is O=C(O)CCN(c1ccccc1)C1CCN2CCCC12. The molecule has 2 aliphatic heterocycles. The zero-order chi connectivity index (χ0) is 13.9. The first-order chi connectivity index (χ1) is 9.75. The molecule has 2 fully saturated rings. The number of carboxylic acid groups (broad SMARTS) is 1. The smallest absolute Gasteiger partial charge is 0.305 e. The third kappa shape index (κ3) is 2.66. The molecule has 4 nitrogen and oxygen atoms in total. The lowest BCUT2D eigenvalue weighted by molar-refractivity contribution is -0.136. The summed E-state index contributed by atoms with van der Waals surface area (Å²) in [6.45, 7) is 2.98. The molecule has 20 heavy (non-hydrogen) atoms. The van der Waals surface area contributed by atoms with Crippen molar-refractivity contribution in [1.29, 1.82) is 0 Å². The number of carbonyl (C=O) groups is 1. The number of para-hydroxylation sites is 1. The van der Waals surface area contributed by atoms with Gasteiger partial charge in [-0.15, -0.1) is 0 Å². The maximum atomic E-state index is 10.9. The van der Waals surface area contributed by atoms with Gasteiger partial charge in [-0.25, -0.2) is 0 Å². The Balaban J connectivity index is 1.80. The van der Waals surface area contributed by atoms with Crippen molar-refractivity contribution >= 4 is 11.7 Å². The molecule has 0 spiro atoms. The van der Waals surface area contributed by atoms with Gasteiger partial charge in [-0.3, -0.25) is 9.69 Å². The van der Waals surface area contributed by atoms with E-state index in [9.17, 15) is 4.79 Å². The number of carboxylic acids is 1. The fraction of sp³-hybridized carbons (Fsp3) is 0.562. The quantitative estimate of drug-likeness (QED) is 0.894. The summed E-state index contributed by atoms with van der Waals surface area (Å²) in [7, 11) is 0. The van der Waals surface area contributed by atoms with E-state index in [4.69, 9.17) is 5.11 Å². The van der Waals surface area contributed by atoms with E-state index < -0.39 is 5.97 Å². The normalized spacial score (nSPS) is 25.6. The second-order valence-electron chi connectivity index (χ2n) is 5.77. The van der Waals surface area contributed by atoms with Gasteiger partial charge in [0.2, 0.25) is 0 Å². The van der Waals surface area contributed by atoms with E-state index in [2.05, 4.69) is 21.9 Å². The van der Waals surface area contributed by atoms with Crippen LogP contribution in [0.25, 0.3) is 0 Å². The third-order valence-electron chi connectivity index (χ3n) is 4.63. The highest BCUT2D eigenvalue weighted by Gasteiger charge is 2.40. The van der Waals surface area contributed by atoms with Gasteiger partial charge in [-0.2, -0.15) is 0 Å². The summed E-state index contributed by atoms with van der Waals surface area (Å²) in [5.41, 5.74) is 1.16. The number of hydrogen-bond donors (Lipinski definition) is 1. The zero-order valence-corrected chi connectivity index (χ0v) is 11.7. The lowest BCUT2D eigenvalue weighted by Crippen LogP contribution is -2.44. The van der Waals surface area contributed by atoms with E-state index in [0.29, 0.717) is 18.6 Å². The number of benzene rings is 1. The van der Waals surface area contributed by atoms with Crippen molar-refractivity contribution in [3.63, 3.8) is 0 Å². The molecule has 1 aromatic rings. The van der Waals surface area contributed by atoms with Crippen LogP contribution in [0.4, 0.5) is 5.69 Å². The van der Waals surface area contributed by atoms with Crippen LogP contribution in [0.3, 0.4) is 0 Å². The highest BCUT2D eigenvalue weighted by molar-refractivity contribution is 5.67. The predicted octanol–water partition coefficient (Wildman–Crippen LogP) is 2.20. The van der Waals surface area contributed by atoms with Crippen LogP contribution in [0.5, 0.6) is 0 Å². The molecule has 4 heteroatoms. The summed E-state index contributed by atoms with van der Waals surface area (Å²) in [4.78, 5) is 15.8. The second kappa shape index (κ2) is 5.83. The number of nitrogens with zero attached hydrogens (tertiary/aromatic N) is 2. The third-order valence-corrected chi connectivity index (χ3v) is 4.63. The molecular weight excluding hydrogens is 252 g/mol. The van der Waals surface area contributed by atoms with Crippen LogP contribution in [0.2, 0.25) is 0 Å². The molecule has 0 radical (unpaired) electrons. The van der Waals surface area contributed by atoms with Crippen molar-refractivity contribution < 1.29 is 9.90 Å². The molecule has 2 heterocycles. The van der Waals surface area contributed by atoms with Gasteiger partial charge in [-0.05, 0) is 37.9 Å². The summed E-state index contributed by atoms with van der Waals surface area (Å²) in [5.74, 6) is -0.716. The molecule has 0 bridgehead atoms. The number of fused-ring (bicyclic) bond motifs is 1. The molecule has 1 N–H and O–H groups in total. The van der Waals surface area contributed by atoms with Gasteiger partial charge in [0.25, 0.3) is 0 Å². The summed E-state index contributed by atoms with van der Waals surface area (Å²) in [6, 6.07) is 11.4. The van der Waals surface area contributed by atoms with Gasteiger partial charge in [0.05, 0.1) is 6.42 Å². The first-order valence-electron chi connectivity index (χ1n) is 7.53. The van der Waals surface area contributed by atoms with E-state index in [-0.39, 0.29) is 6.42 Å². The van der Waals surface area contributed by atoms with Crippen LogP contribution in [0, 0.1) is 0 Å².